The van der Waals surface area contributed by atoms with Crippen molar-refractivity contribution in [2.24, 2.45) is 0 Å². The lowest BCUT2D eigenvalue weighted by molar-refractivity contribution is 0.0787. The minimum atomic E-state index is -0.0891. The van der Waals surface area contributed by atoms with Gasteiger partial charge < -0.3 is 10.2 Å². The molecule has 1 heterocycles. The summed E-state index contributed by atoms with van der Waals surface area (Å²) in [5.74, 6) is 0.456. The number of anilines is 2. The molecule has 0 aliphatic carbocycles. The third-order valence-corrected chi connectivity index (χ3v) is 4.11. The lowest BCUT2D eigenvalue weighted by atomic mass is 10.1. The molecule has 2 aromatic carbocycles. The van der Waals surface area contributed by atoms with Crippen molar-refractivity contribution in [2.75, 3.05) is 18.9 Å². The van der Waals surface area contributed by atoms with E-state index in [4.69, 9.17) is 5.26 Å². The normalized spacial score (nSPS) is 11.4. The minimum absolute atomic E-state index is 0.0299. The zero-order valence-corrected chi connectivity index (χ0v) is 15.0. The highest BCUT2D eigenvalue weighted by atomic mass is 16.2. The van der Waals surface area contributed by atoms with Crippen LogP contribution in [0.3, 0.4) is 0 Å². The molecule has 3 rings (SSSR count). The molecule has 27 heavy (non-hydrogen) atoms. The number of carbonyl (C=O) groups is 1. The Hall–Kier alpha value is -3.73. The second kappa shape index (κ2) is 8.10. The Labute approximate surface area is 156 Å². The van der Waals surface area contributed by atoms with Crippen LogP contribution in [0.15, 0.2) is 48.5 Å². The number of hydrogen-bond acceptors (Lipinski definition) is 6. The maximum absolute atomic E-state index is 12.7. The number of tetrazole rings is 1. The fourth-order valence-corrected chi connectivity index (χ4v) is 2.70. The summed E-state index contributed by atoms with van der Waals surface area (Å²) in [5, 5.41) is 26.0. The van der Waals surface area contributed by atoms with E-state index in [2.05, 4.69) is 32.0 Å². The first-order valence-electron chi connectivity index (χ1n) is 8.43. The molecule has 2 N–H and O–H groups in total. The molecular formula is C19H19N7O. The van der Waals surface area contributed by atoms with Crippen LogP contribution in [-0.2, 0) is 0 Å². The van der Waals surface area contributed by atoms with Crippen LogP contribution in [0.1, 0.15) is 34.6 Å². The largest absolute Gasteiger partial charge is 0.356 e. The van der Waals surface area contributed by atoms with E-state index in [9.17, 15) is 4.79 Å². The third kappa shape index (κ3) is 4.46. The summed E-state index contributed by atoms with van der Waals surface area (Å²) in [4.78, 5) is 14.4. The molecule has 0 radical (unpaired) electrons. The number of hydrogen-bond donors (Lipinski definition) is 2. The Bertz CT molecular complexity index is 945. The van der Waals surface area contributed by atoms with Gasteiger partial charge in [0.15, 0.2) is 5.82 Å². The van der Waals surface area contributed by atoms with E-state index < -0.39 is 0 Å². The number of rotatable bonds is 6. The van der Waals surface area contributed by atoms with Crippen LogP contribution >= 0.6 is 0 Å². The van der Waals surface area contributed by atoms with Crippen molar-refractivity contribution >= 4 is 17.3 Å². The van der Waals surface area contributed by atoms with E-state index >= 15 is 0 Å². The number of nitrogens with zero attached hydrogens (tertiary/aromatic N) is 5. The summed E-state index contributed by atoms with van der Waals surface area (Å²) >= 11 is 0. The SMILES string of the molecule is CC(CN(C)C(=O)c1cccc(Nc2ccc(C#N)cc2)c1)c1nn[nH]n1. The predicted molar refractivity (Wildman–Crippen MR) is 100 cm³/mol. The highest BCUT2D eigenvalue weighted by Crippen LogP contribution is 2.19. The second-order valence-electron chi connectivity index (χ2n) is 6.25. The molecule has 1 amide bonds. The molecule has 0 spiro atoms. The van der Waals surface area contributed by atoms with Crippen molar-refractivity contribution < 1.29 is 4.79 Å². The third-order valence-electron chi connectivity index (χ3n) is 4.11. The van der Waals surface area contributed by atoms with Crippen LogP contribution in [0.4, 0.5) is 11.4 Å². The monoisotopic (exact) mass is 361 g/mol. The number of aromatic amines is 1. The van der Waals surface area contributed by atoms with Crippen molar-refractivity contribution in [3.8, 4) is 6.07 Å². The van der Waals surface area contributed by atoms with Gasteiger partial charge in [0.05, 0.1) is 11.6 Å². The van der Waals surface area contributed by atoms with Gasteiger partial charge in [-0.1, -0.05) is 18.2 Å². The Kier molecular flexibility index (Phi) is 5.42. The van der Waals surface area contributed by atoms with Gasteiger partial charge in [-0.15, -0.1) is 10.2 Å². The minimum Gasteiger partial charge on any atom is -0.356 e. The molecule has 8 heteroatoms. The Morgan fingerprint density at radius 1 is 1.26 bits per heavy atom. The molecule has 0 saturated heterocycles. The van der Waals surface area contributed by atoms with Crippen LogP contribution in [0, 0.1) is 11.3 Å². The maximum Gasteiger partial charge on any atom is 0.253 e. The zero-order valence-electron chi connectivity index (χ0n) is 15.0. The molecule has 1 aromatic heterocycles. The van der Waals surface area contributed by atoms with Crippen LogP contribution in [0.25, 0.3) is 0 Å². The molecule has 0 aliphatic heterocycles. The Balaban J connectivity index is 1.68. The number of nitriles is 1. The van der Waals surface area contributed by atoms with Gasteiger partial charge in [-0.25, -0.2) is 0 Å². The van der Waals surface area contributed by atoms with E-state index in [1.807, 2.05) is 31.2 Å². The van der Waals surface area contributed by atoms with Crippen molar-refractivity contribution in [1.29, 1.82) is 5.26 Å². The summed E-state index contributed by atoms with van der Waals surface area (Å²) in [6.07, 6.45) is 0. The molecule has 0 bridgehead atoms. The molecule has 136 valence electrons. The average molecular weight is 361 g/mol. The molecule has 1 unspecified atom stereocenters. The summed E-state index contributed by atoms with van der Waals surface area (Å²) in [6, 6.07) is 16.5. The van der Waals surface area contributed by atoms with E-state index in [1.165, 1.54) is 0 Å². The summed E-state index contributed by atoms with van der Waals surface area (Å²) in [7, 11) is 1.75. The Morgan fingerprint density at radius 2 is 2.04 bits per heavy atom. The fraction of sp³-hybridized carbons (Fsp3) is 0.211. The highest BCUT2D eigenvalue weighted by molar-refractivity contribution is 5.95. The van der Waals surface area contributed by atoms with E-state index in [0.717, 1.165) is 11.4 Å². The number of benzene rings is 2. The van der Waals surface area contributed by atoms with Gasteiger partial charge in [-0.2, -0.15) is 10.5 Å². The first kappa shape index (κ1) is 18.1. The number of likely N-dealkylation sites (N-methyl/N-ethyl adjacent to an activating group) is 1. The predicted octanol–water partition coefficient (Wildman–Crippen LogP) is 2.69. The van der Waals surface area contributed by atoms with Gasteiger partial charge >= 0.3 is 0 Å². The second-order valence-corrected chi connectivity index (χ2v) is 6.25. The number of nitrogens with one attached hydrogen (secondary N) is 2. The number of amides is 1. The molecule has 0 fully saturated rings. The number of carbonyl (C=O) groups excluding carboxylic acids is 1. The molecule has 8 nitrogen and oxygen atoms in total. The Morgan fingerprint density at radius 3 is 2.70 bits per heavy atom. The molecular weight excluding hydrogens is 342 g/mol. The topological polar surface area (TPSA) is 111 Å². The summed E-state index contributed by atoms with van der Waals surface area (Å²) in [5.41, 5.74) is 2.82. The van der Waals surface area contributed by atoms with E-state index in [-0.39, 0.29) is 11.8 Å². The quantitative estimate of drug-likeness (QED) is 0.698. The van der Waals surface area contributed by atoms with E-state index in [0.29, 0.717) is 23.5 Å². The smallest absolute Gasteiger partial charge is 0.253 e. The van der Waals surface area contributed by atoms with Crippen molar-refractivity contribution in [3.63, 3.8) is 0 Å². The van der Waals surface area contributed by atoms with Crippen LogP contribution in [0.2, 0.25) is 0 Å². The van der Waals surface area contributed by atoms with Gasteiger partial charge in [-0.05, 0) is 42.5 Å². The lowest BCUT2D eigenvalue weighted by Crippen LogP contribution is -2.30. The van der Waals surface area contributed by atoms with Gasteiger partial charge in [-0.3, -0.25) is 4.79 Å². The van der Waals surface area contributed by atoms with Gasteiger partial charge in [0.1, 0.15) is 0 Å². The van der Waals surface area contributed by atoms with Crippen LogP contribution in [0.5, 0.6) is 0 Å². The first-order valence-corrected chi connectivity index (χ1v) is 8.43. The van der Waals surface area contributed by atoms with Crippen LogP contribution in [-0.4, -0.2) is 45.0 Å². The summed E-state index contributed by atoms with van der Waals surface area (Å²) in [6.45, 7) is 2.42. The molecule has 0 aliphatic rings. The molecule has 0 saturated carbocycles. The zero-order chi connectivity index (χ0) is 19.2. The van der Waals surface area contributed by atoms with Gasteiger partial charge in [0.2, 0.25) is 0 Å². The number of H-pyrrole nitrogens is 1. The fourth-order valence-electron chi connectivity index (χ4n) is 2.70. The van der Waals surface area contributed by atoms with Crippen LogP contribution < -0.4 is 5.32 Å². The molecule has 3 aromatic rings. The van der Waals surface area contributed by atoms with E-state index in [1.54, 1.807) is 36.2 Å². The van der Waals surface area contributed by atoms with Crippen molar-refractivity contribution in [3.05, 3.63) is 65.5 Å². The van der Waals surface area contributed by atoms with Crippen molar-refractivity contribution in [1.82, 2.24) is 25.5 Å². The average Bonchev–Trinajstić information content (AvgIpc) is 3.23. The summed E-state index contributed by atoms with van der Waals surface area (Å²) < 4.78 is 0. The van der Waals surface area contributed by atoms with Crippen molar-refractivity contribution in [2.45, 2.75) is 12.8 Å². The maximum atomic E-state index is 12.7. The molecule has 1 atom stereocenters. The standard InChI is InChI=1S/C19H19N7O/c1-13(18-22-24-25-23-18)12-26(2)19(27)15-4-3-5-17(10-15)21-16-8-6-14(11-20)7-9-16/h3-10,13,21H,12H2,1-2H3,(H,22,23,24,25). The lowest BCUT2D eigenvalue weighted by Gasteiger charge is -2.20. The first-order chi connectivity index (χ1) is 13.1. The van der Waals surface area contributed by atoms with Gasteiger partial charge in [0.25, 0.3) is 5.91 Å². The number of aromatic nitrogens is 4. The van der Waals surface area contributed by atoms with Gasteiger partial charge in [0, 0.05) is 36.4 Å². The highest BCUT2D eigenvalue weighted by Gasteiger charge is 2.18.